The normalized spacial score (nSPS) is 15.6. The highest BCUT2D eigenvalue weighted by molar-refractivity contribution is 5.84. The fourth-order valence-electron chi connectivity index (χ4n) is 3.35. The molecule has 0 radical (unpaired) electrons. The van der Waals surface area contributed by atoms with Gasteiger partial charge in [0.25, 0.3) is 0 Å². The van der Waals surface area contributed by atoms with Crippen molar-refractivity contribution >= 4 is 11.9 Å². The summed E-state index contributed by atoms with van der Waals surface area (Å²) in [6.07, 6.45) is 0.422. The van der Waals surface area contributed by atoms with E-state index in [-0.39, 0.29) is 18.1 Å². The molecular weight excluding hydrogens is 420 g/mol. The van der Waals surface area contributed by atoms with Gasteiger partial charge in [0.1, 0.15) is 5.75 Å². The zero-order valence-corrected chi connectivity index (χ0v) is 18.3. The van der Waals surface area contributed by atoms with Crippen LogP contribution in [-0.4, -0.2) is 81.7 Å². The zero-order valence-electron chi connectivity index (χ0n) is 18.3. The molecule has 0 saturated heterocycles. The standard InChI is InChI=1S/C21H30N4O7/c1-29-20(27)14-17-12-16-2-3-19(26)13-18(16)15-25(21(17)28)5-7-31-9-11-32-10-8-30-6-4-23-24-22/h2-3,13,17,26H,4-12,14-15H2,1H3/t17-/m0/s1. The van der Waals surface area contributed by atoms with E-state index < -0.39 is 11.9 Å². The Kier molecular flexibility index (Phi) is 11.3. The van der Waals surface area contributed by atoms with Gasteiger partial charge in [-0.25, -0.2) is 0 Å². The minimum Gasteiger partial charge on any atom is -0.508 e. The number of benzene rings is 1. The highest BCUT2D eigenvalue weighted by Gasteiger charge is 2.31. The second kappa shape index (κ2) is 14.3. The molecule has 1 aliphatic heterocycles. The third-order valence-corrected chi connectivity index (χ3v) is 4.97. The SMILES string of the molecule is COC(=O)C[C@@H]1Cc2ccc(O)cc2CN(CCOCCOCCOCCN=[N+]=[N-])C1=O. The van der Waals surface area contributed by atoms with Crippen molar-refractivity contribution in [2.45, 2.75) is 19.4 Å². The lowest BCUT2D eigenvalue weighted by molar-refractivity contribution is -0.147. The molecule has 0 spiro atoms. The zero-order chi connectivity index (χ0) is 23.2. The van der Waals surface area contributed by atoms with Crippen molar-refractivity contribution < 1.29 is 33.6 Å². The van der Waals surface area contributed by atoms with Gasteiger partial charge in [0.2, 0.25) is 5.91 Å². The number of carbonyl (C=O) groups is 2. The molecule has 11 heteroatoms. The first-order valence-electron chi connectivity index (χ1n) is 10.5. The molecule has 0 bridgehead atoms. The van der Waals surface area contributed by atoms with Crippen molar-refractivity contribution in [1.29, 1.82) is 0 Å². The number of carbonyl (C=O) groups excluding carboxylic acids is 2. The molecule has 1 atom stereocenters. The van der Waals surface area contributed by atoms with E-state index in [1.165, 1.54) is 7.11 Å². The summed E-state index contributed by atoms with van der Waals surface area (Å²) in [6, 6.07) is 5.03. The van der Waals surface area contributed by atoms with E-state index in [2.05, 4.69) is 10.0 Å². The van der Waals surface area contributed by atoms with Crippen molar-refractivity contribution in [1.82, 2.24) is 4.90 Å². The van der Waals surface area contributed by atoms with Crippen LogP contribution in [0.4, 0.5) is 0 Å². The van der Waals surface area contributed by atoms with Gasteiger partial charge >= 0.3 is 5.97 Å². The Bertz CT molecular complexity index is 798. The molecule has 0 unspecified atom stereocenters. The van der Waals surface area contributed by atoms with E-state index in [9.17, 15) is 14.7 Å². The van der Waals surface area contributed by atoms with Crippen LogP contribution in [0, 0.1) is 5.92 Å². The van der Waals surface area contributed by atoms with E-state index in [1.807, 2.05) is 0 Å². The van der Waals surface area contributed by atoms with E-state index in [4.69, 9.17) is 24.5 Å². The molecular formula is C21H30N4O7. The number of methoxy groups -OCH3 is 1. The number of phenols is 1. The molecule has 0 fully saturated rings. The van der Waals surface area contributed by atoms with Crippen molar-refractivity contribution in [3.63, 3.8) is 0 Å². The number of nitrogens with zero attached hydrogens (tertiary/aromatic N) is 4. The van der Waals surface area contributed by atoms with Gasteiger partial charge in [-0.1, -0.05) is 11.2 Å². The van der Waals surface area contributed by atoms with E-state index in [1.54, 1.807) is 23.1 Å². The molecule has 32 heavy (non-hydrogen) atoms. The maximum absolute atomic E-state index is 13.0. The first-order valence-corrected chi connectivity index (χ1v) is 10.5. The summed E-state index contributed by atoms with van der Waals surface area (Å²) in [6.45, 7) is 3.21. The second-order valence-electron chi connectivity index (χ2n) is 7.19. The molecule has 11 nitrogen and oxygen atoms in total. The average molecular weight is 450 g/mol. The maximum atomic E-state index is 13.0. The minimum atomic E-state index is -0.518. The monoisotopic (exact) mass is 450 g/mol. The van der Waals surface area contributed by atoms with Gasteiger partial charge in [-0.05, 0) is 35.2 Å². The summed E-state index contributed by atoms with van der Waals surface area (Å²) in [4.78, 5) is 29.1. The van der Waals surface area contributed by atoms with Crippen LogP contribution in [0.25, 0.3) is 10.4 Å². The summed E-state index contributed by atoms with van der Waals surface area (Å²) < 4.78 is 20.9. The third-order valence-electron chi connectivity index (χ3n) is 4.97. The summed E-state index contributed by atoms with van der Waals surface area (Å²) in [5.74, 6) is -0.947. The lowest BCUT2D eigenvalue weighted by Crippen LogP contribution is -2.38. The predicted molar refractivity (Wildman–Crippen MR) is 114 cm³/mol. The van der Waals surface area contributed by atoms with Crippen molar-refractivity contribution in [2.75, 3.05) is 59.8 Å². The molecule has 1 aliphatic rings. The van der Waals surface area contributed by atoms with Gasteiger partial charge in [0.15, 0.2) is 0 Å². The topological polar surface area (TPSA) is 143 Å². The maximum Gasteiger partial charge on any atom is 0.306 e. The fraction of sp³-hybridized carbons (Fsp3) is 0.619. The lowest BCUT2D eigenvalue weighted by atomic mass is 9.94. The molecule has 1 aromatic rings. The molecule has 1 amide bonds. The molecule has 1 aromatic carbocycles. The van der Waals surface area contributed by atoms with Crippen LogP contribution in [0.5, 0.6) is 5.75 Å². The van der Waals surface area contributed by atoms with Crippen molar-refractivity contribution in [3.8, 4) is 5.75 Å². The third kappa shape index (κ3) is 8.72. The molecule has 1 N–H and O–H groups in total. The Hall–Kier alpha value is -2.85. The smallest absolute Gasteiger partial charge is 0.306 e. The van der Waals surface area contributed by atoms with Gasteiger partial charge in [0.05, 0.1) is 59.1 Å². The number of phenolic OH excluding ortho intramolecular Hbond substituents is 1. The van der Waals surface area contributed by atoms with Gasteiger partial charge in [-0.2, -0.15) is 0 Å². The second-order valence-corrected chi connectivity index (χ2v) is 7.19. The fourth-order valence-corrected chi connectivity index (χ4v) is 3.35. The molecule has 1 heterocycles. The first kappa shape index (κ1) is 25.4. The van der Waals surface area contributed by atoms with Crippen LogP contribution in [0.3, 0.4) is 0 Å². The quantitative estimate of drug-likeness (QED) is 0.150. The number of ether oxygens (including phenoxy) is 4. The number of esters is 1. The van der Waals surface area contributed by atoms with Crippen molar-refractivity contribution in [3.05, 3.63) is 39.8 Å². The van der Waals surface area contributed by atoms with E-state index in [0.717, 1.165) is 11.1 Å². The van der Waals surface area contributed by atoms with Gasteiger partial charge < -0.3 is 29.0 Å². The molecule has 2 rings (SSSR count). The van der Waals surface area contributed by atoms with Crippen LogP contribution in [0.2, 0.25) is 0 Å². The molecule has 176 valence electrons. The van der Waals surface area contributed by atoms with E-state index in [0.29, 0.717) is 65.7 Å². The van der Waals surface area contributed by atoms with Crippen LogP contribution in [-0.2, 0) is 41.5 Å². The number of fused-ring (bicyclic) bond motifs is 1. The van der Waals surface area contributed by atoms with E-state index >= 15 is 0 Å². The van der Waals surface area contributed by atoms with Crippen LogP contribution in [0.1, 0.15) is 17.5 Å². The number of rotatable bonds is 14. The number of aromatic hydroxyl groups is 1. The Balaban J connectivity index is 1.76. The van der Waals surface area contributed by atoms with Crippen LogP contribution >= 0.6 is 0 Å². The summed E-state index contributed by atoms with van der Waals surface area (Å²) in [7, 11) is 1.30. The van der Waals surface area contributed by atoms with Gasteiger partial charge in [-0.15, -0.1) is 0 Å². The Morgan fingerprint density at radius 3 is 2.53 bits per heavy atom. The summed E-state index contributed by atoms with van der Waals surface area (Å²) >= 11 is 0. The Labute approximate surface area is 186 Å². The van der Waals surface area contributed by atoms with Crippen LogP contribution in [0.15, 0.2) is 23.3 Å². The molecule has 0 aromatic heterocycles. The number of hydrogen-bond acceptors (Lipinski definition) is 8. The lowest BCUT2D eigenvalue weighted by Gasteiger charge is -2.24. The van der Waals surface area contributed by atoms with Gasteiger partial charge in [-0.3, -0.25) is 9.59 Å². The minimum absolute atomic E-state index is 0.00573. The summed E-state index contributed by atoms with van der Waals surface area (Å²) in [5, 5.41) is 13.2. The number of azide groups is 1. The largest absolute Gasteiger partial charge is 0.508 e. The van der Waals surface area contributed by atoms with Crippen LogP contribution < -0.4 is 0 Å². The average Bonchev–Trinajstić information content (AvgIpc) is 2.91. The number of hydrogen-bond donors (Lipinski definition) is 1. The Morgan fingerprint density at radius 1 is 1.16 bits per heavy atom. The molecule has 0 saturated carbocycles. The first-order chi connectivity index (χ1) is 15.5. The predicted octanol–water partition coefficient (Wildman–Crippen LogP) is 1.82. The Morgan fingerprint density at radius 2 is 1.84 bits per heavy atom. The molecule has 0 aliphatic carbocycles. The number of amides is 1. The highest BCUT2D eigenvalue weighted by atomic mass is 16.5. The van der Waals surface area contributed by atoms with Crippen molar-refractivity contribution in [2.24, 2.45) is 11.0 Å². The summed E-state index contributed by atoms with van der Waals surface area (Å²) in [5.41, 5.74) is 9.94. The van der Waals surface area contributed by atoms with Gasteiger partial charge in [0, 0.05) is 24.5 Å². The highest BCUT2D eigenvalue weighted by Crippen LogP contribution is 2.27.